The molecule has 4 rings (SSSR count). The summed E-state index contributed by atoms with van der Waals surface area (Å²) in [5.74, 6) is 0.0716. The quantitative estimate of drug-likeness (QED) is 0.333. The van der Waals surface area contributed by atoms with Crippen LogP contribution in [-0.4, -0.2) is 34.9 Å². The number of hydrogen-bond acceptors (Lipinski definition) is 5. The van der Waals surface area contributed by atoms with E-state index in [1.54, 1.807) is 12.1 Å². The van der Waals surface area contributed by atoms with Gasteiger partial charge in [0.1, 0.15) is 5.75 Å². The molecule has 0 saturated heterocycles. The molecule has 3 aromatic carbocycles. The van der Waals surface area contributed by atoms with Gasteiger partial charge in [0.2, 0.25) is 0 Å². The van der Waals surface area contributed by atoms with E-state index >= 15 is 0 Å². The third-order valence-electron chi connectivity index (χ3n) is 5.47. The van der Waals surface area contributed by atoms with E-state index in [0.717, 1.165) is 22.2 Å². The molecule has 168 valence electrons. The molecule has 0 bridgehead atoms. The summed E-state index contributed by atoms with van der Waals surface area (Å²) in [6.45, 7) is 0.249. The highest BCUT2D eigenvalue weighted by molar-refractivity contribution is 6.05. The number of aliphatic hydroxyl groups is 1. The number of nitrogens with two attached hydrogens (primary N) is 1. The fourth-order valence-corrected chi connectivity index (χ4v) is 3.77. The van der Waals surface area contributed by atoms with Gasteiger partial charge in [-0.15, -0.1) is 0 Å². The molecule has 0 radical (unpaired) electrons. The Labute approximate surface area is 191 Å². The summed E-state index contributed by atoms with van der Waals surface area (Å²) in [6, 6.07) is 20.2. The van der Waals surface area contributed by atoms with E-state index in [2.05, 4.69) is 15.5 Å². The van der Waals surface area contributed by atoms with Crippen LogP contribution in [0.1, 0.15) is 38.8 Å². The van der Waals surface area contributed by atoms with Crippen LogP contribution < -0.4 is 15.8 Å². The molecule has 5 N–H and O–H groups in total. The van der Waals surface area contributed by atoms with Crippen molar-refractivity contribution in [3.8, 4) is 5.75 Å². The van der Waals surface area contributed by atoms with E-state index in [1.165, 1.54) is 7.11 Å². The molecule has 0 unspecified atom stereocenters. The molecule has 4 aromatic rings. The second kappa shape index (κ2) is 10.1. The maximum Gasteiger partial charge on any atom is 0.255 e. The first-order chi connectivity index (χ1) is 16.1. The van der Waals surface area contributed by atoms with Crippen LogP contribution in [0.15, 0.2) is 66.7 Å². The maximum atomic E-state index is 13.1. The van der Waals surface area contributed by atoms with Crippen molar-refractivity contribution in [3.05, 3.63) is 94.7 Å². The SMILES string of the molecule is COc1c(C(=O)N[C@H](CO)c2ccccc2)ccc2[nH]nc(/C=C/c3cccc(CN)c3)c12. The first kappa shape index (κ1) is 22.3. The molecule has 0 aliphatic heterocycles. The largest absolute Gasteiger partial charge is 0.495 e. The van der Waals surface area contributed by atoms with Gasteiger partial charge in [0.15, 0.2) is 0 Å². The van der Waals surface area contributed by atoms with Crippen molar-refractivity contribution in [3.63, 3.8) is 0 Å². The molecule has 1 amide bonds. The van der Waals surface area contributed by atoms with E-state index in [9.17, 15) is 9.90 Å². The lowest BCUT2D eigenvalue weighted by molar-refractivity contribution is 0.0913. The van der Waals surface area contributed by atoms with Gasteiger partial charge in [-0.25, -0.2) is 0 Å². The number of aromatic amines is 1. The van der Waals surface area contributed by atoms with Gasteiger partial charge in [0, 0.05) is 6.54 Å². The summed E-state index contributed by atoms with van der Waals surface area (Å²) >= 11 is 0. The summed E-state index contributed by atoms with van der Waals surface area (Å²) in [5.41, 5.74) is 10.4. The van der Waals surface area contributed by atoms with Crippen molar-refractivity contribution in [1.82, 2.24) is 15.5 Å². The highest BCUT2D eigenvalue weighted by Crippen LogP contribution is 2.32. The number of carbonyl (C=O) groups is 1. The van der Waals surface area contributed by atoms with Gasteiger partial charge in [-0.3, -0.25) is 9.89 Å². The lowest BCUT2D eigenvalue weighted by atomic mass is 10.0. The van der Waals surface area contributed by atoms with Gasteiger partial charge >= 0.3 is 0 Å². The average Bonchev–Trinajstić information content (AvgIpc) is 3.29. The molecule has 7 nitrogen and oxygen atoms in total. The monoisotopic (exact) mass is 442 g/mol. The minimum Gasteiger partial charge on any atom is -0.495 e. The number of amides is 1. The third-order valence-corrected chi connectivity index (χ3v) is 5.47. The minimum absolute atomic E-state index is 0.220. The van der Waals surface area contributed by atoms with E-state index in [0.29, 0.717) is 28.9 Å². The van der Waals surface area contributed by atoms with E-state index < -0.39 is 6.04 Å². The van der Waals surface area contributed by atoms with Gasteiger partial charge in [-0.2, -0.15) is 5.10 Å². The zero-order chi connectivity index (χ0) is 23.2. The number of nitrogens with zero attached hydrogens (tertiary/aromatic N) is 1. The van der Waals surface area contributed by atoms with Crippen LogP contribution in [0.5, 0.6) is 5.75 Å². The highest BCUT2D eigenvalue weighted by atomic mass is 16.5. The number of hydrogen-bond donors (Lipinski definition) is 4. The van der Waals surface area contributed by atoms with Gasteiger partial charge in [-0.05, 0) is 34.9 Å². The minimum atomic E-state index is -0.530. The van der Waals surface area contributed by atoms with Crippen LogP contribution in [0.25, 0.3) is 23.1 Å². The molecule has 0 saturated carbocycles. The summed E-state index contributed by atoms with van der Waals surface area (Å²) in [6.07, 6.45) is 3.82. The van der Waals surface area contributed by atoms with Crippen LogP contribution >= 0.6 is 0 Å². The normalized spacial score (nSPS) is 12.2. The summed E-state index contributed by atoms with van der Waals surface area (Å²) in [7, 11) is 1.53. The molecule has 1 atom stereocenters. The topological polar surface area (TPSA) is 113 Å². The summed E-state index contributed by atoms with van der Waals surface area (Å²) in [5, 5.41) is 20.8. The number of aromatic nitrogens is 2. The van der Waals surface area contributed by atoms with Crippen LogP contribution in [0.2, 0.25) is 0 Å². The Morgan fingerprint density at radius 2 is 1.97 bits per heavy atom. The Balaban J connectivity index is 1.67. The molecule has 0 spiro atoms. The van der Waals surface area contributed by atoms with Gasteiger partial charge in [0.05, 0.1) is 41.9 Å². The molecule has 33 heavy (non-hydrogen) atoms. The lowest BCUT2D eigenvalue weighted by Crippen LogP contribution is -2.31. The Kier molecular flexibility index (Phi) is 6.83. The van der Waals surface area contributed by atoms with Crippen molar-refractivity contribution in [2.75, 3.05) is 13.7 Å². The van der Waals surface area contributed by atoms with Crippen LogP contribution in [-0.2, 0) is 6.54 Å². The second-order valence-electron chi connectivity index (χ2n) is 7.58. The molecule has 1 aromatic heterocycles. The third kappa shape index (κ3) is 4.79. The Bertz CT molecular complexity index is 1280. The predicted molar refractivity (Wildman–Crippen MR) is 130 cm³/mol. The van der Waals surface area contributed by atoms with Crippen molar-refractivity contribution >= 4 is 29.0 Å². The predicted octanol–water partition coefficient (Wildman–Crippen LogP) is 3.66. The lowest BCUT2D eigenvalue weighted by Gasteiger charge is -2.18. The fourth-order valence-electron chi connectivity index (χ4n) is 3.77. The zero-order valence-electron chi connectivity index (χ0n) is 18.3. The number of aliphatic hydroxyl groups excluding tert-OH is 1. The van der Waals surface area contributed by atoms with Crippen LogP contribution in [0, 0.1) is 0 Å². The van der Waals surface area contributed by atoms with E-state index in [-0.39, 0.29) is 12.5 Å². The second-order valence-corrected chi connectivity index (χ2v) is 7.58. The highest BCUT2D eigenvalue weighted by Gasteiger charge is 2.21. The summed E-state index contributed by atoms with van der Waals surface area (Å²) < 4.78 is 5.65. The number of ether oxygens (including phenoxy) is 1. The molecule has 1 heterocycles. The number of methoxy groups -OCH3 is 1. The summed E-state index contributed by atoms with van der Waals surface area (Å²) in [4.78, 5) is 13.1. The standard InChI is InChI=1S/C26H26N4O3/c1-33-25-20(26(32)28-23(16-31)19-8-3-2-4-9-19)11-13-22-24(25)21(29-30-22)12-10-17-6-5-7-18(14-17)15-27/h2-14,23,31H,15-16,27H2,1H3,(H,28,32)(H,29,30)/b12-10+/t23-/m1/s1. The average molecular weight is 443 g/mol. The van der Waals surface area contributed by atoms with Gasteiger partial charge in [0.25, 0.3) is 5.91 Å². The Morgan fingerprint density at radius 1 is 1.15 bits per heavy atom. The molecule has 0 aliphatic rings. The molecule has 0 aliphatic carbocycles. The maximum absolute atomic E-state index is 13.1. The number of benzene rings is 3. The number of nitrogens with one attached hydrogen (secondary N) is 2. The molecule has 7 heteroatoms. The van der Waals surface area contributed by atoms with Crippen LogP contribution in [0.4, 0.5) is 0 Å². The number of carbonyl (C=O) groups excluding carboxylic acids is 1. The smallest absolute Gasteiger partial charge is 0.255 e. The van der Waals surface area contributed by atoms with Crippen molar-refractivity contribution in [2.45, 2.75) is 12.6 Å². The number of fused-ring (bicyclic) bond motifs is 1. The zero-order valence-corrected chi connectivity index (χ0v) is 18.3. The Hall–Kier alpha value is -3.94. The molecular weight excluding hydrogens is 416 g/mol. The fraction of sp³-hybridized carbons (Fsp3) is 0.154. The molecular formula is C26H26N4O3. The van der Waals surface area contributed by atoms with Crippen molar-refractivity contribution in [1.29, 1.82) is 0 Å². The van der Waals surface area contributed by atoms with Gasteiger partial charge in [-0.1, -0.05) is 60.7 Å². The first-order valence-corrected chi connectivity index (χ1v) is 10.6. The first-order valence-electron chi connectivity index (χ1n) is 10.6. The number of H-pyrrole nitrogens is 1. The van der Waals surface area contributed by atoms with Crippen molar-refractivity contribution in [2.24, 2.45) is 5.73 Å². The molecule has 0 fully saturated rings. The number of rotatable bonds is 8. The Morgan fingerprint density at radius 3 is 2.70 bits per heavy atom. The van der Waals surface area contributed by atoms with E-state index in [1.807, 2.05) is 66.7 Å². The van der Waals surface area contributed by atoms with Gasteiger partial charge < -0.3 is 20.9 Å². The van der Waals surface area contributed by atoms with Crippen LogP contribution in [0.3, 0.4) is 0 Å². The van der Waals surface area contributed by atoms with Crippen molar-refractivity contribution < 1.29 is 14.6 Å². The van der Waals surface area contributed by atoms with E-state index in [4.69, 9.17) is 10.5 Å².